The van der Waals surface area contributed by atoms with Crippen LogP contribution in [-0.2, 0) is 21.2 Å². The van der Waals surface area contributed by atoms with Crippen molar-refractivity contribution in [1.82, 2.24) is 20.4 Å². The van der Waals surface area contributed by atoms with E-state index in [1.54, 1.807) is 0 Å². The second-order valence-electron chi connectivity index (χ2n) is 10.8. The number of rotatable bonds is 7. The fourth-order valence-corrected chi connectivity index (χ4v) is 6.48. The number of aromatic nitrogens is 2. The lowest BCUT2D eigenvalue weighted by molar-refractivity contribution is -0.122. The molecular formula is C24H38ClN5O4S. The van der Waals surface area contributed by atoms with Gasteiger partial charge in [-0.3, -0.25) is 9.59 Å². The van der Waals surface area contributed by atoms with E-state index in [1.807, 2.05) is 0 Å². The second kappa shape index (κ2) is 10.5. The maximum Gasteiger partial charge on any atom is 0.288 e. The summed E-state index contributed by atoms with van der Waals surface area (Å²) in [6.07, 6.45) is 5.68. The Morgan fingerprint density at radius 1 is 1.31 bits per heavy atom. The molecular weight excluding hydrogens is 490 g/mol. The molecule has 196 valence electrons. The van der Waals surface area contributed by atoms with Crippen LogP contribution in [0.5, 0.6) is 0 Å². The summed E-state index contributed by atoms with van der Waals surface area (Å²) >= 11 is 6.40. The van der Waals surface area contributed by atoms with E-state index in [9.17, 15) is 18.0 Å². The standard InChI is InChI=1S/C24H38ClN5O4S/c1-14-9-18(15(2)16(3)24(14,4)5)29-19-11-28-30(23(32)22(19)25)13-21(31)27-10-17-7-8-26-12-20(17)35(6,33)34/h11-12,14-18,26,29H,7-10,13H2,1-6H3,(H,27,31)/t14-,15+,16+,17?,18+/m0/s1. The van der Waals surface area contributed by atoms with Gasteiger partial charge in [-0.2, -0.15) is 5.10 Å². The lowest BCUT2D eigenvalue weighted by Crippen LogP contribution is -2.48. The number of nitrogens with one attached hydrogen (secondary N) is 3. The summed E-state index contributed by atoms with van der Waals surface area (Å²) in [7, 11) is -3.37. The predicted molar refractivity (Wildman–Crippen MR) is 139 cm³/mol. The lowest BCUT2D eigenvalue weighted by Gasteiger charge is -2.50. The lowest BCUT2D eigenvalue weighted by atomic mass is 9.58. The van der Waals surface area contributed by atoms with Gasteiger partial charge < -0.3 is 16.0 Å². The van der Waals surface area contributed by atoms with Gasteiger partial charge in [0.15, 0.2) is 9.84 Å². The van der Waals surface area contributed by atoms with Gasteiger partial charge in [-0.25, -0.2) is 13.1 Å². The summed E-state index contributed by atoms with van der Waals surface area (Å²) in [5.74, 6) is 0.611. The number of sulfone groups is 1. The molecule has 5 atom stereocenters. The zero-order valence-corrected chi connectivity index (χ0v) is 23.0. The van der Waals surface area contributed by atoms with Gasteiger partial charge in [0.1, 0.15) is 11.6 Å². The van der Waals surface area contributed by atoms with Crippen molar-refractivity contribution < 1.29 is 13.2 Å². The third kappa shape index (κ3) is 6.02. The summed E-state index contributed by atoms with van der Waals surface area (Å²) in [5.41, 5.74) is 0.153. The van der Waals surface area contributed by atoms with Crippen LogP contribution in [0.2, 0.25) is 5.02 Å². The highest BCUT2D eigenvalue weighted by molar-refractivity contribution is 7.94. The highest BCUT2D eigenvalue weighted by atomic mass is 35.5. The van der Waals surface area contributed by atoms with E-state index >= 15 is 0 Å². The number of halogens is 1. The van der Waals surface area contributed by atoms with Crippen molar-refractivity contribution in [3.8, 4) is 0 Å². The Morgan fingerprint density at radius 3 is 2.66 bits per heavy atom. The average Bonchev–Trinajstić information content (AvgIpc) is 2.79. The molecule has 3 N–H and O–H groups in total. The summed E-state index contributed by atoms with van der Waals surface area (Å²) < 4.78 is 25.0. The van der Waals surface area contributed by atoms with Crippen molar-refractivity contribution in [3.05, 3.63) is 32.7 Å². The van der Waals surface area contributed by atoms with Gasteiger partial charge >= 0.3 is 0 Å². The third-order valence-corrected chi connectivity index (χ3v) is 10.0. The molecule has 0 spiro atoms. The number of carbonyl (C=O) groups is 1. The first kappa shape index (κ1) is 27.5. The molecule has 2 heterocycles. The Bertz CT molecular complexity index is 1150. The monoisotopic (exact) mass is 527 g/mol. The Hall–Kier alpha value is -2.07. The van der Waals surface area contributed by atoms with Gasteiger partial charge in [0, 0.05) is 37.5 Å². The van der Waals surface area contributed by atoms with Crippen molar-refractivity contribution in [2.24, 2.45) is 29.1 Å². The molecule has 0 bridgehead atoms. The van der Waals surface area contributed by atoms with E-state index in [0.717, 1.165) is 17.4 Å². The Kier molecular flexibility index (Phi) is 8.26. The van der Waals surface area contributed by atoms with Gasteiger partial charge in [-0.05, 0) is 36.0 Å². The number of nitrogens with zero attached hydrogens (tertiary/aromatic N) is 2. The number of anilines is 1. The molecule has 1 fully saturated rings. The van der Waals surface area contributed by atoms with Crippen LogP contribution in [0.15, 0.2) is 22.1 Å². The third-order valence-electron chi connectivity index (χ3n) is 8.35. The highest BCUT2D eigenvalue weighted by Crippen LogP contribution is 2.48. The van der Waals surface area contributed by atoms with Crippen LogP contribution in [0.1, 0.15) is 47.5 Å². The van der Waals surface area contributed by atoms with Gasteiger partial charge in [-0.15, -0.1) is 0 Å². The van der Waals surface area contributed by atoms with Gasteiger partial charge in [0.05, 0.1) is 16.8 Å². The minimum atomic E-state index is -3.37. The second-order valence-corrected chi connectivity index (χ2v) is 13.1. The van der Waals surface area contributed by atoms with Crippen LogP contribution in [-0.4, -0.2) is 49.5 Å². The molecule has 9 nitrogen and oxygen atoms in total. The van der Waals surface area contributed by atoms with Crippen LogP contribution in [0, 0.1) is 29.1 Å². The van der Waals surface area contributed by atoms with E-state index in [-0.39, 0.29) is 40.4 Å². The Balaban J connectivity index is 1.65. The summed E-state index contributed by atoms with van der Waals surface area (Å²) in [6.45, 7) is 11.8. The Morgan fingerprint density at radius 2 is 2.00 bits per heavy atom. The number of amides is 1. The molecule has 1 aromatic rings. The van der Waals surface area contributed by atoms with Gasteiger partial charge in [-0.1, -0.05) is 46.2 Å². The molecule has 0 aromatic carbocycles. The normalized spacial score (nSPS) is 28.5. The maximum absolute atomic E-state index is 12.8. The smallest absolute Gasteiger partial charge is 0.288 e. The van der Waals surface area contributed by atoms with E-state index in [2.05, 4.69) is 55.7 Å². The highest BCUT2D eigenvalue weighted by Gasteiger charge is 2.43. The predicted octanol–water partition coefficient (Wildman–Crippen LogP) is 2.63. The zero-order valence-electron chi connectivity index (χ0n) is 21.4. The van der Waals surface area contributed by atoms with E-state index in [0.29, 0.717) is 36.4 Å². The van der Waals surface area contributed by atoms with Crippen LogP contribution in [0.3, 0.4) is 0 Å². The Labute approximate surface area is 213 Å². The number of carbonyl (C=O) groups excluding carboxylic acids is 1. The quantitative estimate of drug-likeness (QED) is 0.498. The molecule has 2 aliphatic rings. The molecule has 3 rings (SSSR count). The molecule has 1 aromatic heterocycles. The van der Waals surface area contributed by atoms with Crippen molar-refractivity contribution in [1.29, 1.82) is 0 Å². The topological polar surface area (TPSA) is 122 Å². The van der Waals surface area contributed by atoms with Crippen molar-refractivity contribution in [2.75, 3.05) is 24.7 Å². The largest absolute Gasteiger partial charge is 0.390 e. The van der Waals surface area contributed by atoms with Gasteiger partial charge in [0.25, 0.3) is 5.56 Å². The van der Waals surface area contributed by atoms with Crippen molar-refractivity contribution >= 4 is 33.0 Å². The van der Waals surface area contributed by atoms with Crippen LogP contribution in [0.25, 0.3) is 0 Å². The molecule has 1 aliphatic heterocycles. The maximum atomic E-state index is 12.8. The number of hydrogen-bond acceptors (Lipinski definition) is 7. The first-order valence-corrected chi connectivity index (χ1v) is 14.4. The van der Waals surface area contributed by atoms with E-state index in [1.165, 1.54) is 12.4 Å². The average molecular weight is 528 g/mol. The first-order chi connectivity index (χ1) is 16.2. The summed E-state index contributed by atoms with van der Waals surface area (Å²) in [5, 5.41) is 13.2. The fraction of sp³-hybridized carbons (Fsp3) is 0.708. The van der Waals surface area contributed by atoms with Crippen LogP contribution in [0.4, 0.5) is 5.69 Å². The minimum Gasteiger partial charge on any atom is -0.390 e. The van der Waals surface area contributed by atoms with E-state index < -0.39 is 21.3 Å². The summed E-state index contributed by atoms with van der Waals surface area (Å²) in [4.78, 5) is 25.6. The molecule has 1 aliphatic carbocycles. The molecule has 35 heavy (non-hydrogen) atoms. The van der Waals surface area contributed by atoms with Gasteiger partial charge in [0.2, 0.25) is 5.91 Å². The van der Waals surface area contributed by atoms with Crippen LogP contribution < -0.4 is 21.5 Å². The number of hydrogen-bond donors (Lipinski definition) is 3. The molecule has 1 unspecified atom stereocenters. The first-order valence-electron chi connectivity index (χ1n) is 12.2. The molecule has 0 saturated heterocycles. The molecule has 0 radical (unpaired) electrons. The SMILES string of the molecule is C[C@@H]1[C@@H](C)C(C)(C)[C@@H](C)C[C@H]1Nc1cnn(CC(=O)NCC2CCNC=C2S(C)(=O)=O)c(=O)c1Cl. The fourth-order valence-electron chi connectivity index (χ4n) is 5.17. The molecule has 1 saturated carbocycles. The van der Waals surface area contributed by atoms with E-state index in [4.69, 9.17) is 11.6 Å². The van der Waals surface area contributed by atoms with Crippen molar-refractivity contribution in [2.45, 2.75) is 60.0 Å². The zero-order chi connectivity index (χ0) is 26.1. The van der Waals surface area contributed by atoms with Crippen molar-refractivity contribution in [3.63, 3.8) is 0 Å². The molecule has 1 amide bonds. The summed E-state index contributed by atoms with van der Waals surface area (Å²) in [6, 6.07) is 0.160. The van der Waals surface area contributed by atoms with Crippen LogP contribution >= 0.6 is 11.6 Å². The molecule has 11 heteroatoms. The minimum absolute atomic E-state index is 0.00536.